The largest absolute Gasteiger partial charge is 0.383 e. The molecule has 0 aromatic heterocycles. The zero-order chi connectivity index (χ0) is 16.2. The van der Waals surface area contributed by atoms with Crippen molar-refractivity contribution in [3.63, 3.8) is 0 Å². The fourth-order valence-electron chi connectivity index (χ4n) is 2.33. The van der Waals surface area contributed by atoms with Crippen LogP contribution in [-0.4, -0.2) is 36.9 Å². The first-order valence-electron chi connectivity index (χ1n) is 7.22. The molecule has 1 fully saturated rings. The van der Waals surface area contributed by atoms with Crippen molar-refractivity contribution in [2.75, 3.05) is 19.7 Å². The van der Waals surface area contributed by atoms with Gasteiger partial charge in [0, 0.05) is 24.8 Å². The molecule has 2 rings (SSSR count). The first kappa shape index (κ1) is 20.0. The first-order valence-corrected chi connectivity index (χ1v) is 7.22. The van der Waals surface area contributed by atoms with Gasteiger partial charge in [0.15, 0.2) is 5.96 Å². The second kappa shape index (κ2) is 8.74. The molecule has 1 heterocycles. The van der Waals surface area contributed by atoms with Crippen LogP contribution in [0.25, 0.3) is 0 Å². The van der Waals surface area contributed by atoms with Gasteiger partial charge < -0.3 is 20.9 Å². The van der Waals surface area contributed by atoms with E-state index in [2.05, 4.69) is 10.3 Å². The fourth-order valence-corrected chi connectivity index (χ4v) is 2.33. The van der Waals surface area contributed by atoms with Crippen molar-refractivity contribution in [2.45, 2.75) is 31.5 Å². The van der Waals surface area contributed by atoms with Crippen LogP contribution in [0.15, 0.2) is 23.2 Å². The van der Waals surface area contributed by atoms with E-state index in [1.807, 2.05) is 0 Å². The molecule has 1 aromatic carbocycles. The Morgan fingerprint density at radius 3 is 2.87 bits per heavy atom. The molecule has 1 saturated heterocycles. The van der Waals surface area contributed by atoms with Crippen molar-refractivity contribution in [1.29, 1.82) is 0 Å². The SMILES string of the molecule is CC(O)(CN=C(N)NCC1CCCO1)c1ccc(F)cc1F.I. The van der Waals surface area contributed by atoms with Crippen LogP contribution in [0.4, 0.5) is 8.78 Å². The lowest BCUT2D eigenvalue weighted by Crippen LogP contribution is -2.38. The van der Waals surface area contributed by atoms with E-state index in [1.165, 1.54) is 13.0 Å². The Kier molecular flexibility index (Phi) is 7.62. The van der Waals surface area contributed by atoms with E-state index in [-0.39, 0.29) is 48.1 Å². The van der Waals surface area contributed by atoms with E-state index in [1.54, 1.807) is 0 Å². The number of nitrogens with two attached hydrogens (primary N) is 1. The molecule has 0 spiro atoms. The summed E-state index contributed by atoms with van der Waals surface area (Å²) in [4.78, 5) is 4.01. The van der Waals surface area contributed by atoms with Crippen LogP contribution in [0.2, 0.25) is 0 Å². The predicted octanol–water partition coefficient (Wildman–Crippen LogP) is 1.87. The molecule has 0 bridgehead atoms. The zero-order valence-corrected chi connectivity index (χ0v) is 15.2. The summed E-state index contributed by atoms with van der Waals surface area (Å²) in [5.41, 5.74) is 4.12. The maximum Gasteiger partial charge on any atom is 0.188 e. The number of hydrogen-bond acceptors (Lipinski definition) is 3. The third-order valence-electron chi connectivity index (χ3n) is 3.60. The number of hydrogen-bond donors (Lipinski definition) is 3. The summed E-state index contributed by atoms with van der Waals surface area (Å²) in [5.74, 6) is -1.36. The number of halogens is 3. The topological polar surface area (TPSA) is 79.9 Å². The molecule has 0 aliphatic carbocycles. The summed E-state index contributed by atoms with van der Waals surface area (Å²) in [6.07, 6.45) is 2.12. The van der Waals surface area contributed by atoms with E-state index in [4.69, 9.17) is 10.5 Å². The van der Waals surface area contributed by atoms with Crippen LogP contribution in [0.1, 0.15) is 25.3 Å². The molecule has 23 heavy (non-hydrogen) atoms. The van der Waals surface area contributed by atoms with Crippen LogP contribution in [-0.2, 0) is 10.3 Å². The molecule has 4 N–H and O–H groups in total. The van der Waals surface area contributed by atoms with Crippen molar-refractivity contribution >= 4 is 29.9 Å². The summed E-state index contributed by atoms with van der Waals surface area (Å²) in [5, 5.41) is 13.2. The smallest absolute Gasteiger partial charge is 0.188 e. The van der Waals surface area contributed by atoms with Gasteiger partial charge in [0.25, 0.3) is 0 Å². The Labute approximate surface area is 151 Å². The number of aliphatic hydroxyl groups is 1. The van der Waals surface area contributed by atoms with E-state index in [0.717, 1.165) is 31.6 Å². The van der Waals surface area contributed by atoms with Gasteiger partial charge in [-0.25, -0.2) is 8.78 Å². The van der Waals surface area contributed by atoms with Crippen LogP contribution >= 0.6 is 24.0 Å². The van der Waals surface area contributed by atoms with Gasteiger partial charge in [0.2, 0.25) is 0 Å². The summed E-state index contributed by atoms with van der Waals surface area (Å²) in [6.45, 7) is 2.56. The molecule has 5 nitrogen and oxygen atoms in total. The molecular weight excluding hydrogens is 419 g/mol. The third-order valence-corrected chi connectivity index (χ3v) is 3.60. The molecule has 0 radical (unpaired) electrons. The molecule has 130 valence electrons. The molecule has 1 aromatic rings. The van der Waals surface area contributed by atoms with Gasteiger partial charge in [0.05, 0.1) is 12.6 Å². The Morgan fingerprint density at radius 1 is 1.52 bits per heavy atom. The highest BCUT2D eigenvalue weighted by Crippen LogP contribution is 2.24. The van der Waals surface area contributed by atoms with Gasteiger partial charge >= 0.3 is 0 Å². The average Bonchev–Trinajstić information content (AvgIpc) is 2.96. The summed E-state index contributed by atoms with van der Waals surface area (Å²) >= 11 is 0. The van der Waals surface area contributed by atoms with Gasteiger partial charge in [-0.05, 0) is 25.8 Å². The summed E-state index contributed by atoms with van der Waals surface area (Å²) < 4.78 is 32.1. The van der Waals surface area contributed by atoms with Crippen LogP contribution in [0, 0.1) is 11.6 Å². The van der Waals surface area contributed by atoms with Gasteiger partial charge in [0.1, 0.15) is 17.2 Å². The summed E-state index contributed by atoms with van der Waals surface area (Å²) in [7, 11) is 0. The van der Waals surface area contributed by atoms with Gasteiger partial charge in [-0.15, -0.1) is 24.0 Å². The van der Waals surface area contributed by atoms with Crippen molar-refractivity contribution in [1.82, 2.24) is 5.32 Å². The standard InChI is InChI=1S/C15H21F2N3O2.HI/c1-15(21,12-5-4-10(16)7-13(12)17)9-20-14(18)19-8-11-3-2-6-22-11;/h4-5,7,11,21H,2-3,6,8-9H2,1H3,(H3,18,19,20);1H. The Bertz CT molecular complexity index is 550. The Balaban J connectivity index is 0.00000264. The quantitative estimate of drug-likeness (QED) is 0.371. The molecule has 1 aliphatic heterocycles. The fraction of sp³-hybridized carbons (Fsp3) is 0.533. The number of aliphatic imine (C=N–C) groups is 1. The van der Waals surface area contributed by atoms with Crippen molar-refractivity contribution in [3.8, 4) is 0 Å². The van der Waals surface area contributed by atoms with Gasteiger partial charge in [-0.3, -0.25) is 4.99 Å². The van der Waals surface area contributed by atoms with E-state index in [0.29, 0.717) is 6.54 Å². The van der Waals surface area contributed by atoms with Crippen molar-refractivity contribution < 1.29 is 18.6 Å². The molecule has 8 heteroatoms. The molecular formula is C15H22F2IN3O2. The second-order valence-electron chi connectivity index (χ2n) is 5.62. The summed E-state index contributed by atoms with van der Waals surface area (Å²) in [6, 6.07) is 3.03. The lowest BCUT2D eigenvalue weighted by Gasteiger charge is -2.22. The number of ether oxygens (including phenoxy) is 1. The number of guanidine groups is 1. The maximum atomic E-state index is 13.7. The number of nitrogens with one attached hydrogen (secondary N) is 1. The molecule has 1 aliphatic rings. The third kappa shape index (κ3) is 5.85. The highest BCUT2D eigenvalue weighted by atomic mass is 127. The minimum atomic E-state index is -1.58. The minimum absolute atomic E-state index is 0. The van der Waals surface area contributed by atoms with Crippen LogP contribution in [0.5, 0.6) is 0 Å². The average molecular weight is 441 g/mol. The normalized spacial score (nSPS) is 20.7. The van der Waals surface area contributed by atoms with Gasteiger partial charge in [-0.2, -0.15) is 0 Å². The minimum Gasteiger partial charge on any atom is -0.383 e. The number of nitrogens with zero attached hydrogens (tertiary/aromatic N) is 1. The van der Waals surface area contributed by atoms with Crippen LogP contribution < -0.4 is 11.1 Å². The lowest BCUT2D eigenvalue weighted by atomic mass is 9.95. The molecule has 0 saturated carbocycles. The van der Waals surface area contributed by atoms with Crippen molar-refractivity contribution in [3.05, 3.63) is 35.4 Å². The van der Waals surface area contributed by atoms with E-state index in [9.17, 15) is 13.9 Å². The van der Waals surface area contributed by atoms with E-state index >= 15 is 0 Å². The van der Waals surface area contributed by atoms with Gasteiger partial charge in [-0.1, -0.05) is 6.07 Å². The maximum absolute atomic E-state index is 13.7. The molecule has 2 unspecified atom stereocenters. The lowest BCUT2D eigenvalue weighted by molar-refractivity contribution is 0.0632. The first-order chi connectivity index (χ1) is 10.4. The molecule has 0 amide bonds. The van der Waals surface area contributed by atoms with Crippen LogP contribution in [0.3, 0.4) is 0 Å². The Morgan fingerprint density at radius 2 is 2.26 bits per heavy atom. The second-order valence-corrected chi connectivity index (χ2v) is 5.62. The number of rotatable bonds is 5. The predicted molar refractivity (Wildman–Crippen MR) is 94.8 cm³/mol. The monoisotopic (exact) mass is 441 g/mol. The zero-order valence-electron chi connectivity index (χ0n) is 12.9. The number of benzene rings is 1. The Hall–Kier alpha value is -1.00. The highest BCUT2D eigenvalue weighted by molar-refractivity contribution is 14.0. The molecule has 2 atom stereocenters. The highest BCUT2D eigenvalue weighted by Gasteiger charge is 2.26. The van der Waals surface area contributed by atoms with Crippen molar-refractivity contribution in [2.24, 2.45) is 10.7 Å². The van der Waals surface area contributed by atoms with E-state index < -0.39 is 17.2 Å².